The maximum atomic E-state index is 12.6. The largest absolute Gasteiger partial charge is 0.368 e. The molecule has 1 aliphatic heterocycles. The summed E-state index contributed by atoms with van der Waals surface area (Å²) < 4.78 is 5.38. The minimum atomic E-state index is -0.0795. The van der Waals surface area contributed by atoms with Crippen LogP contribution >= 0.6 is 23.2 Å². The SMILES string of the molecule is C#CCOCC1CCCN(C(=O)c2cc(Cl)ccc2Cl)C1. The maximum absolute atomic E-state index is 12.6. The average Bonchev–Trinajstić information content (AvgIpc) is 2.49. The van der Waals surface area contributed by atoms with Gasteiger partial charge in [0.15, 0.2) is 0 Å². The van der Waals surface area contributed by atoms with Crippen LogP contribution in [0.4, 0.5) is 0 Å². The summed E-state index contributed by atoms with van der Waals surface area (Å²) in [5.74, 6) is 2.68. The molecule has 0 spiro atoms. The predicted octanol–water partition coefficient (Wildman–Crippen LogP) is 3.50. The first-order valence-corrected chi connectivity index (χ1v) is 7.63. The van der Waals surface area contributed by atoms with Gasteiger partial charge in [0.1, 0.15) is 6.61 Å². The molecule has 1 heterocycles. The van der Waals surface area contributed by atoms with Crippen molar-refractivity contribution in [2.24, 2.45) is 5.92 Å². The van der Waals surface area contributed by atoms with Gasteiger partial charge in [-0.15, -0.1) is 6.42 Å². The Hall–Kier alpha value is -1.21. The van der Waals surface area contributed by atoms with Crippen molar-refractivity contribution in [2.45, 2.75) is 12.8 Å². The molecule has 1 aromatic rings. The van der Waals surface area contributed by atoms with E-state index in [1.54, 1.807) is 18.2 Å². The lowest BCUT2D eigenvalue weighted by atomic mass is 9.98. The van der Waals surface area contributed by atoms with E-state index in [1.165, 1.54) is 0 Å². The van der Waals surface area contributed by atoms with Crippen LogP contribution in [0, 0.1) is 18.3 Å². The number of ether oxygens (including phenoxy) is 1. The number of hydrogen-bond acceptors (Lipinski definition) is 2. The highest BCUT2D eigenvalue weighted by Crippen LogP contribution is 2.25. The Bertz CT molecular complexity index is 554. The van der Waals surface area contributed by atoms with Gasteiger partial charge in [-0.1, -0.05) is 29.1 Å². The average molecular weight is 326 g/mol. The van der Waals surface area contributed by atoms with Gasteiger partial charge in [-0.05, 0) is 31.0 Å². The molecule has 5 heteroatoms. The molecule has 112 valence electrons. The van der Waals surface area contributed by atoms with E-state index in [0.29, 0.717) is 41.3 Å². The summed E-state index contributed by atoms with van der Waals surface area (Å²) in [5, 5.41) is 0.934. The van der Waals surface area contributed by atoms with E-state index in [9.17, 15) is 4.79 Å². The third-order valence-electron chi connectivity index (χ3n) is 3.50. The molecular formula is C16H17Cl2NO2. The van der Waals surface area contributed by atoms with Gasteiger partial charge in [0, 0.05) is 24.0 Å². The van der Waals surface area contributed by atoms with Crippen LogP contribution in [0.5, 0.6) is 0 Å². The fourth-order valence-corrected chi connectivity index (χ4v) is 2.87. The normalized spacial score (nSPS) is 18.3. The molecule has 1 unspecified atom stereocenters. The van der Waals surface area contributed by atoms with Gasteiger partial charge in [-0.2, -0.15) is 0 Å². The number of rotatable bonds is 4. The number of carbonyl (C=O) groups excluding carboxylic acids is 1. The van der Waals surface area contributed by atoms with Crippen molar-refractivity contribution >= 4 is 29.1 Å². The molecule has 3 nitrogen and oxygen atoms in total. The highest BCUT2D eigenvalue weighted by Gasteiger charge is 2.25. The number of nitrogens with zero attached hydrogens (tertiary/aromatic N) is 1. The lowest BCUT2D eigenvalue weighted by molar-refractivity contribution is 0.0534. The van der Waals surface area contributed by atoms with Gasteiger partial charge in [-0.25, -0.2) is 0 Å². The Morgan fingerprint density at radius 1 is 1.48 bits per heavy atom. The van der Waals surface area contributed by atoms with Crippen molar-refractivity contribution in [3.63, 3.8) is 0 Å². The molecule has 2 rings (SSSR count). The second kappa shape index (κ2) is 7.70. The van der Waals surface area contributed by atoms with Gasteiger partial charge < -0.3 is 9.64 Å². The van der Waals surface area contributed by atoms with Crippen molar-refractivity contribution in [3.8, 4) is 12.3 Å². The third kappa shape index (κ3) is 4.38. The van der Waals surface area contributed by atoms with E-state index in [-0.39, 0.29) is 5.91 Å². The molecule has 0 radical (unpaired) electrons. The Morgan fingerprint density at radius 3 is 3.05 bits per heavy atom. The fraction of sp³-hybridized carbons (Fsp3) is 0.438. The maximum Gasteiger partial charge on any atom is 0.255 e. The number of benzene rings is 1. The zero-order valence-electron chi connectivity index (χ0n) is 11.6. The van der Waals surface area contributed by atoms with Gasteiger partial charge in [0.05, 0.1) is 17.2 Å². The number of hydrogen-bond donors (Lipinski definition) is 0. The van der Waals surface area contributed by atoms with Crippen LogP contribution in [-0.4, -0.2) is 37.1 Å². The lowest BCUT2D eigenvalue weighted by Crippen LogP contribution is -2.41. The van der Waals surface area contributed by atoms with E-state index < -0.39 is 0 Å². The second-order valence-electron chi connectivity index (χ2n) is 5.10. The van der Waals surface area contributed by atoms with Crippen molar-refractivity contribution in [1.29, 1.82) is 0 Å². The summed E-state index contributed by atoms with van der Waals surface area (Å²) in [7, 11) is 0. The minimum absolute atomic E-state index is 0.0795. The van der Waals surface area contributed by atoms with Crippen LogP contribution < -0.4 is 0 Å². The predicted molar refractivity (Wildman–Crippen MR) is 84.7 cm³/mol. The Labute approximate surface area is 135 Å². The van der Waals surface area contributed by atoms with Crippen LogP contribution in [0.2, 0.25) is 10.0 Å². The number of carbonyl (C=O) groups is 1. The van der Waals surface area contributed by atoms with Gasteiger partial charge in [0.25, 0.3) is 5.91 Å². The van der Waals surface area contributed by atoms with E-state index in [1.807, 2.05) is 4.90 Å². The zero-order valence-corrected chi connectivity index (χ0v) is 13.2. The number of piperidine rings is 1. The Balaban J connectivity index is 2.02. The fourth-order valence-electron chi connectivity index (χ4n) is 2.50. The molecule has 1 saturated heterocycles. The molecule has 0 aliphatic carbocycles. The van der Waals surface area contributed by atoms with E-state index in [0.717, 1.165) is 19.4 Å². The first-order chi connectivity index (χ1) is 10.1. The second-order valence-corrected chi connectivity index (χ2v) is 5.95. The highest BCUT2D eigenvalue weighted by molar-refractivity contribution is 6.35. The first kappa shape index (κ1) is 16.2. The smallest absolute Gasteiger partial charge is 0.255 e. The minimum Gasteiger partial charge on any atom is -0.368 e. The molecule has 1 atom stereocenters. The number of halogens is 2. The van der Waals surface area contributed by atoms with Crippen LogP contribution in [0.25, 0.3) is 0 Å². The Kier molecular flexibility index (Phi) is 5.93. The molecule has 1 aromatic carbocycles. The molecule has 21 heavy (non-hydrogen) atoms. The van der Waals surface area contributed by atoms with Crippen molar-refractivity contribution < 1.29 is 9.53 Å². The van der Waals surface area contributed by atoms with Crippen molar-refractivity contribution in [3.05, 3.63) is 33.8 Å². The van der Waals surface area contributed by atoms with Crippen molar-refractivity contribution in [1.82, 2.24) is 4.90 Å². The Morgan fingerprint density at radius 2 is 2.29 bits per heavy atom. The highest BCUT2D eigenvalue weighted by atomic mass is 35.5. The van der Waals surface area contributed by atoms with Crippen LogP contribution in [0.3, 0.4) is 0 Å². The number of terminal acetylenes is 1. The van der Waals surface area contributed by atoms with Crippen LogP contribution in [0.1, 0.15) is 23.2 Å². The molecule has 1 fully saturated rings. The zero-order chi connectivity index (χ0) is 15.2. The van der Waals surface area contributed by atoms with E-state index in [4.69, 9.17) is 34.4 Å². The van der Waals surface area contributed by atoms with Gasteiger partial charge >= 0.3 is 0 Å². The standard InChI is InChI=1S/C16H17Cl2NO2/c1-2-8-21-11-12-4-3-7-19(10-12)16(20)14-9-13(17)5-6-15(14)18/h1,5-6,9,12H,3-4,7-8,10-11H2. The first-order valence-electron chi connectivity index (χ1n) is 6.87. The van der Waals surface area contributed by atoms with Gasteiger partial charge in [0.2, 0.25) is 0 Å². The molecule has 1 amide bonds. The topological polar surface area (TPSA) is 29.5 Å². The van der Waals surface area contributed by atoms with Crippen LogP contribution in [-0.2, 0) is 4.74 Å². The molecule has 0 N–H and O–H groups in total. The summed E-state index contributed by atoms with van der Waals surface area (Å²) in [6, 6.07) is 4.94. The summed E-state index contributed by atoms with van der Waals surface area (Å²) in [5.41, 5.74) is 0.453. The summed E-state index contributed by atoms with van der Waals surface area (Å²) in [4.78, 5) is 14.4. The van der Waals surface area contributed by atoms with Gasteiger partial charge in [-0.3, -0.25) is 4.79 Å². The van der Waals surface area contributed by atoms with E-state index >= 15 is 0 Å². The van der Waals surface area contributed by atoms with Crippen LogP contribution in [0.15, 0.2) is 18.2 Å². The van der Waals surface area contributed by atoms with E-state index in [2.05, 4.69) is 5.92 Å². The molecule has 0 aromatic heterocycles. The third-order valence-corrected chi connectivity index (χ3v) is 4.07. The summed E-state index contributed by atoms with van der Waals surface area (Å²) >= 11 is 12.0. The lowest BCUT2D eigenvalue weighted by Gasteiger charge is -2.32. The summed E-state index contributed by atoms with van der Waals surface area (Å²) in [6.07, 6.45) is 7.15. The molecule has 1 aliphatic rings. The molecule has 0 bridgehead atoms. The number of likely N-dealkylation sites (tertiary alicyclic amines) is 1. The molecular weight excluding hydrogens is 309 g/mol. The quantitative estimate of drug-likeness (QED) is 0.626. The molecule has 0 saturated carbocycles. The number of amides is 1. The monoisotopic (exact) mass is 325 g/mol. The van der Waals surface area contributed by atoms with Crippen molar-refractivity contribution in [2.75, 3.05) is 26.3 Å². The summed E-state index contributed by atoms with van der Waals surface area (Å²) in [6.45, 7) is 2.28.